The van der Waals surface area contributed by atoms with E-state index in [1.165, 1.54) is 0 Å². The highest BCUT2D eigenvalue weighted by molar-refractivity contribution is 9.11. The maximum absolute atomic E-state index is 12.3. The number of rotatable bonds is 2. The zero-order chi connectivity index (χ0) is 14.0. The summed E-state index contributed by atoms with van der Waals surface area (Å²) < 4.78 is 2.59. The molecule has 0 aromatic heterocycles. The van der Waals surface area contributed by atoms with Crippen molar-refractivity contribution in [3.63, 3.8) is 0 Å². The first-order valence-electron chi connectivity index (χ1n) is 5.51. The summed E-state index contributed by atoms with van der Waals surface area (Å²) >= 11 is 10.3. The van der Waals surface area contributed by atoms with E-state index >= 15 is 0 Å². The number of amides is 1. The Hall–Kier alpha value is -0.650. The van der Waals surface area contributed by atoms with Gasteiger partial charge in [0.05, 0.1) is 5.69 Å². The van der Waals surface area contributed by atoms with Gasteiger partial charge in [0, 0.05) is 19.0 Å². The van der Waals surface area contributed by atoms with E-state index in [0.717, 1.165) is 24.7 Å². The molecule has 0 fully saturated rings. The molecule has 0 spiro atoms. The molecule has 0 aliphatic carbocycles. The molecule has 0 saturated carbocycles. The first kappa shape index (κ1) is 14.8. The van der Waals surface area contributed by atoms with Crippen LogP contribution in [0.4, 0.5) is 5.69 Å². The molecule has 1 N–H and O–H groups in total. The Labute approximate surface area is 137 Å². The van der Waals surface area contributed by atoms with E-state index in [1.54, 1.807) is 6.07 Å². The normalized spacial score (nSPS) is 10.3. The lowest BCUT2D eigenvalue weighted by Crippen LogP contribution is -2.14. The number of para-hydroxylation sites is 1. The van der Waals surface area contributed by atoms with Crippen molar-refractivity contribution in [1.82, 2.24) is 0 Å². The zero-order valence-corrected chi connectivity index (χ0v) is 14.8. The number of carbonyl (C=O) groups excluding carboxylic acids is 1. The molecule has 5 heteroatoms. The van der Waals surface area contributed by atoms with Gasteiger partial charge in [0.25, 0.3) is 5.91 Å². The van der Waals surface area contributed by atoms with E-state index in [0.29, 0.717) is 5.56 Å². The summed E-state index contributed by atoms with van der Waals surface area (Å²) in [7, 11) is 0. The summed E-state index contributed by atoms with van der Waals surface area (Å²) in [6.07, 6.45) is 0. The molecule has 2 aromatic carbocycles. The van der Waals surface area contributed by atoms with Crippen molar-refractivity contribution >= 4 is 59.4 Å². The lowest BCUT2D eigenvalue weighted by molar-refractivity contribution is 0.102. The van der Waals surface area contributed by atoms with Crippen LogP contribution in [0.15, 0.2) is 49.8 Å². The van der Waals surface area contributed by atoms with Gasteiger partial charge in [-0.1, -0.05) is 28.1 Å². The predicted molar refractivity (Wildman–Crippen MR) is 88.7 cm³/mol. The summed E-state index contributed by atoms with van der Waals surface area (Å²) in [6, 6.07) is 11.2. The molecule has 0 bridgehead atoms. The Morgan fingerprint density at radius 1 is 0.947 bits per heavy atom. The van der Waals surface area contributed by atoms with Crippen LogP contribution in [0.2, 0.25) is 0 Å². The van der Waals surface area contributed by atoms with Gasteiger partial charge in [-0.05, 0) is 68.6 Å². The van der Waals surface area contributed by atoms with Gasteiger partial charge in [-0.25, -0.2) is 0 Å². The molecule has 0 unspecified atom stereocenters. The zero-order valence-electron chi connectivity index (χ0n) is 10.0. The van der Waals surface area contributed by atoms with Crippen LogP contribution in [0.5, 0.6) is 0 Å². The molecule has 0 aliphatic rings. The summed E-state index contributed by atoms with van der Waals surface area (Å²) in [6.45, 7) is 1.91. The first-order valence-corrected chi connectivity index (χ1v) is 7.89. The molecule has 1 amide bonds. The smallest absolute Gasteiger partial charge is 0.256 e. The summed E-state index contributed by atoms with van der Waals surface area (Å²) in [5.74, 6) is -0.133. The van der Waals surface area contributed by atoms with Gasteiger partial charge in [-0.2, -0.15) is 0 Å². The van der Waals surface area contributed by atoms with Crippen LogP contribution in [0.1, 0.15) is 15.9 Å². The summed E-state index contributed by atoms with van der Waals surface area (Å²) in [4.78, 5) is 12.3. The molecule has 0 radical (unpaired) electrons. The highest BCUT2D eigenvalue weighted by atomic mass is 79.9. The number of carbonyl (C=O) groups is 1. The van der Waals surface area contributed by atoms with Gasteiger partial charge >= 0.3 is 0 Å². The highest BCUT2D eigenvalue weighted by Gasteiger charge is 2.13. The third-order valence-corrected chi connectivity index (χ3v) is 4.89. The third-order valence-electron chi connectivity index (χ3n) is 2.71. The Kier molecular flexibility index (Phi) is 4.81. The van der Waals surface area contributed by atoms with E-state index in [9.17, 15) is 4.79 Å². The monoisotopic (exact) mass is 445 g/mol. The Morgan fingerprint density at radius 3 is 2.11 bits per heavy atom. The van der Waals surface area contributed by atoms with Crippen LogP contribution < -0.4 is 5.32 Å². The van der Waals surface area contributed by atoms with E-state index in [4.69, 9.17) is 0 Å². The second-order valence-electron chi connectivity index (χ2n) is 3.96. The van der Waals surface area contributed by atoms with Gasteiger partial charge < -0.3 is 5.32 Å². The van der Waals surface area contributed by atoms with Crippen molar-refractivity contribution in [3.8, 4) is 0 Å². The van der Waals surface area contributed by atoms with Crippen LogP contribution in [0.25, 0.3) is 0 Å². The molecule has 2 rings (SSSR count). The van der Waals surface area contributed by atoms with Crippen molar-refractivity contribution in [2.75, 3.05) is 5.32 Å². The minimum Gasteiger partial charge on any atom is -0.320 e. The fraction of sp³-hybridized carbons (Fsp3) is 0.0714. The average Bonchev–Trinajstić information content (AvgIpc) is 2.37. The maximum atomic E-state index is 12.3. The van der Waals surface area contributed by atoms with E-state index < -0.39 is 0 Å². The largest absolute Gasteiger partial charge is 0.320 e. The van der Waals surface area contributed by atoms with Gasteiger partial charge in [0.2, 0.25) is 0 Å². The van der Waals surface area contributed by atoms with E-state index in [-0.39, 0.29) is 5.91 Å². The number of hydrogen-bond donors (Lipinski definition) is 1. The van der Waals surface area contributed by atoms with Crippen LogP contribution in [0, 0.1) is 6.92 Å². The quantitative estimate of drug-likeness (QED) is 0.643. The van der Waals surface area contributed by atoms with Crippen molar-refractivity contribution in [3.05, 3.63) is 60.9 Å². The minimum atomic E-state index is -0.133. The summed E-state index contributed by atoms with van der Waals surface area (Å²) in [5.41, 5.74) is 2.30. The van der Waals surface area contributed by atoms with Crippen LogP contribution in [-0.4, -0.2) is 5.91 Å². The third kappa shape index (κ3) is 3.27. The molecule has 0 saturated heterocycles. The standard InChI is InChI=1S/C14H10Br3NO/c1-8-9(4-2-5-10(8)15)14(19)18-13-11(16)6-3-7-12(13)17/h2-7H,1H3,(H,18,19). The fourth-order valence-electron chi connectivity index (χ4n) is 1.65. The average molecular weight is 448 g/mol. The van der Waals surface area contributed by atoms with Gasteiger partial charge in [-0.15, -0.1) is 0 Å². The fourth-order valence-corrected chi connectivity index (χ4v) is 3.21. The van der Waals surface area contributed by atoms with E-state index in [2.05, 4.69) is 53.1 Å². The molecule has 98 valence electrons. The second kappa shape index (κ2) is 6.20. The lowest BCUT2D eigenvalue weighted by atomic mass is 10.1. The Balaban J connectivity index is 2.34. The van der Waals surface area contributed by atoms with Crippen molar-refractivity contribution in [1.29, 1.82) is 0 Å². The maximum Gasteiger partial charge on any atom is 0.256 e. The van der Waals surface area contributed by atoms with Crippen molar-refractivity contribution < 1.29 is 4.79 Å². The first-order chi connectivity index (χ1) is 9.00. The number of halogens is 3. The van der Waals surface area contributed by atoms with E-state index in [1.807, 2.05) is 37.3 Å². The van der Waals surface area contributed by atoms with Crippen molar-refractivity contribution in [2.45, 2.75) is 6.92 Å². The molecule has 0 heterocycles. The molecule has 0 aliphatic heterocycles. The number of benzene rings is 2. The molecule has 2 aromatic rings. The Morgan fingerprint density at radius 2 is 1.47 bits per heavy atom. The molecule has 2 nitrogen and oxygen atoms in total. The molecule has 19 heavy (non-hydrogen) atoms. The van der Waals surface area contributed by atoms with Gasteiger partial charge in [0.1, 0.15) is 0 Å². The van der Waals surface area contributed by atoms with Crippen LogP contribution in [-0.2, 0) is 0 Å². The number of nitrogens with one attached hydrogen (secondary N) is 1. The van der Waals surface area contributed by atoms with Crippen LogP contribution >= 0.6 is 47.8 Å². The second-order valence-corrected chi connectivity index (χ2v) is 6.53. The number of hydrogen-bond acceptors (Lipinski definition) is 1. The molecular formula is C14H10Br3NO. The minimum absolute atomic E-state index is 0.133. The van der Waals surface area contributed by atoms with Crippen molar-refractivity contribution in [2.24, 2.45) is 0 Å². The SMILES string of the molecule is Cc1c(Br)cccc1C(=O)Nc1c(Br)cccc1Br. The van der Waals surface area contributed by atoms with Crippen LogP contribution in [0.3, 0.4) is 0 Å². The van der Waals surface area contributed by atoms with Gasteiger partial charge in [-0.3, -0.25) is 4.79 Å². The number of anilines is 1. The topological polar surface area (TPSA) is 29.1 Å². The molecular weight excluding hydrogens is 438 g/mol. The predicted octanol–water partition coefficient (Wildman–Crippen LogP) is 5.53. The molecule has 0 atom stereocenters. The Bertz CT molecular complexity index is 620. The lowest BCUT2D eigenvalue weighted by Gasteiger charge is -2.11. The highest BCUT2D eigenvalue weighted by Crippen LogP contribution is 2.31. The van der Waals surface area contributed by atoms with Gasteiger partial charge in [0.15, 0.2) is 0 Å². The summed E-state index contributed by atoms with van der Waals surface area (Å²) in [5, 5.41) is 2.91.